The Morgan fingerprint density at radius 3 is 2.71 bits per heavy atom. The normalized spacial score (nSPS) is 10.9. The lowest BCUT2D eigenvalue weighted by molar-refractivity contribution is -0.121. The topological polar surface area (TPSA) is 85.8 Å². The van der Waals surface area contributed by atoms with Crippen LogP contribution in [-0.2, 0) is 24.3 Å². The molecule has 3 heterocycles. The summed E-state index contributed by atoms with van der Waals surface area (Å²) in [5.41, 5.74) is 4.46. The molecule has 5 rings (SSSR count). The number of benzene rings is 2. The van der Waals surface area contributed by atoms with Crippen LogP contribution < -0.4 is 5.32 Å². The first-order chi connectivity index (χ1) is 16.7. The zero-order valence-electron chi connectivity index (χ0n) is 18.4. The zero-order valence-corrected chi connectivity index (χ0v) is 19.2. The van der Waals surface area contributed by atoms with E-state index >= 15 is 0 Å². The Labute approximate surface area is 201 Å². The van der Waals surface area contributed by atoms with Gasteiger partial charge < -0.3 is 9.84 Å². The van der Waals surface area contributed by atoms with Crippen LogP contribution in [0.25, 0.3) is 21.8 Å². The molecular formula is C26H23N5O2S. The number of nitrogens with one attached hydrogen (secondary N) is 1. The highest BCUT2D eigenvalue weighted by Gasteiger charge is 2.12. The number of rotatable bonds is 9. The molecule has 2 aromatic carbocycles. The van der Waals surface area contributed by atoms with Crippen LogP contribution in [0.1, 0.15) is 23.4 Å². The third kappa shape index (κ3) is 5.29. The fourth-order valence-electron chi connectivity index (χ4n) is 3.69. The minimum Gasteiger partial charge on any atom is -0.352 e. The molecule has 1 amide bonds. The highest BCUT2D eigenvalue weighted by molar-refractivity contribution is 7.13. The third-order valence-corrected chi connectivity index (χ3v) is 6.30. The second-order valence-electron chi connectivity index (χ2n) is 7.82. The van der Waals surface area contributed by atoms with Crippen molar-refractivity contribution < 1.29 is 9.32 Å². The predicted octanol–water partition coefficient (Wildman–Crippen LogP) is 4.96. The van der Waals surface area contributed by atoms with Crippen LogP contribution in [0.3, 0.4) is 0 Å². The molecule has 3 aromatic heterocycles. The van der Waals surface area contributed by atoms with Crippen molar-refractivity contribution >= 4 is 17.2 Å². The molecular weight excluding hydrogens is 446 g/mol. The summed E-state index contributed by atoms with van der Waals surface area (Å²) in [4.78, 5) is 17.8. The number of carbonyl (C=O) groups excluding carboxylic acids is 1. The van der Waals surface area contributed by atoms with Gasteiger partial charge in [0.15, 0.2) is 0 Å². The maximum Gasteiger partial charge on any atom is 0.227 e. The van der Waals surface area contributed by atoms with E-state index in [4.69, 9.17) is 4.52 Å². The molecule has 0 atom stereocenters. The molecule has 5 aromatic rings. The summed E-state index contributed by atoms with van der Waals surface area (Å²) in [5, 5.41) is 13.2. The van der Waals surface area contributed by atoms with Gasteiger partial charge in [-0.05, 0) is 39.8 Å². The molecule has 0 radical (unpaired) electrons. The van der Waals surface area contributed by atoms with Crippen LogP contribution in [0, 0.1) is 0 Å². The van der Waals surface area contributed by atoms with E-state index in [2.05, 4.69) is 50.9 Å². The SMILES string of the molecule is O=C(CCc1nc(-c2cccs2)no1)NCc1ccccc1-c1ccc(Cn2cccn2)cc1. The molecule has 0 unspecified atom stereocenters. The van der Waals surface area contributed by atoms with Gasteiger partial charge in [0.1, 0.15) is 0 Å². The van der Waals surface area contributed by atoms with Crippen LogP contribution in [0.5, 0.6) is 0 Å². The minimum atomic E-state index is -0.0553. The lowest BCUT2D eigenvalue weighted by atomic mass is 9.98. The van der Waals surface area contributed by atoms with Crippen molar-refractivity contribution in [2.75, 3.05) is 0 Å². The van der Waals surface area contributed by atoms with Gasteiger partial charge in [-0.25, -0.2) is 0 Å². The van der Waals surface area contributed by atoms with Gasteiger partial charge in [-0.1, -0.05) is 59.8 Å². The van der Waals surface area contributed by atoms with Gasteiger partial charge in [-0.3, -0.25) is 9.48 Å². The lowest BCUT2D eigenvalue weighted by Crippen LogP contribution is -2.23. The van der Waals surface area contributed by atoms with E-state index in [0.29, 0.717) is 24.7 Å². The fourth-order valence-corrected chi connectivity index (χ4v) is 4.34. The van der Waals surface area contributed by atoms with Crippen LogP contribution in [0.15, 0.2) is 89.0 Å². The Morgan fingerprint density at radius 2 is 1.91 bits per heavy atom. The van der Waals surface area contributed by atoms with Gasteiger partial charge in [0, 0.05) is 31.8 Å². The first kappa shape index (κ1) is 21.8. The summed E-state index contributed by atoms with van der Waals surface area (Å²) in [6.45, 7) is 1.19. The van der Waals surface area contributed by atoms with Gasteiger partial charge in [-0.15, -0.1) is 11.3 Å². The smallest absolute Gasteiger partial charge is 0.227 e. The van der Waals surface area contributed by atoms with Gasteiger partial charge in [0.2, 0.25) is 17.6 Å². The molecule has 0 aliphatic rings. The average molecular weight is 470 g/mol. The number of carbonyl (C=O) groups is 1. The fraction of sp³-hybridized carbons (Fsp3) is 0.154. The second-order valence-corrected chi connectivity index (χ2v) is 8.77. The van der Waals surface area contributed by atoms with E-state index in [-0.39, 0.29) is 12.3 Å². The maximum absolute atomic E-state index is 12.5. The summed E-state index contributed by atoms with van der Waals surface area (Å²) >= 11 is 1.55. The van der Waals surface area contributed by atoms with Crippen LogP contribution in [0.4, 0.5) is 0 Å². The van der Waals surface area contributed by atoms with E-state index in [1.165, 1.54) is 5.56 Å². The molecule has 170 valence electrons. The number of nitrogens with zero attached hydrogens (tertiary/aromatic N) is 4. The summed E-state index contributed by atoms with van der Waals surface area (Å²) in [6, 6.07) is 22.4. The Kier molecular flexibility index (Phi) is 6.58. The van der Waals surface area contributed by atoms with E-state index in [1.54, 1.807) is 17.5 Å². The van der Waals surface area contributed by atoms with E-state index in [0.717, 1.165) is 28.1 Å². The number of thiophene rings is 1. The van der Waals surface area contributed by atoms with Crippen LogP contribution in [0.2, 0.25) is 0 Å². The summed E-state index contributed by atoms with van der Waals surface area (Å²) in [5.74, 6) is 0.976. The minimum absolute atomic E-state index is 0.0553. The van der Waals surface area contributed by atoms with Gasteiger partial charge in [-0.2, -0.15) is 10.1 Å². The molecule has 1 N–H and O–H groups in total. The average Bonchev–Trinajstić information content (AvgIpc) is 3.65. The summed E-state index contributed by atoms with van der Waals surface area (Å²) < 4.78 is 7.18. The molecule has 0 saturated carbocycles. The predicted molar refractivity (Wildman–Crippen MR) is 131 cm³/mol. The van der Waals surface area contributed by atoms with Crippen molar-refractivity contribution in [2.45, 2.75) is 25.9 Å². The highest BCUT2D eigenvalue weighted by atomic mass is 32.1. The van der Waals surface area contributed by atoms with E-state index in [1.807, 2.05) is 52.7 Å². The monoisotopic (exact) mass is 469 g/mol. The molecule has 0 aliphatic carbocycles. The van der Waals surface area contributed by atoms with Crippen molar-refractivity contribution in [3.8, 4) is 21.8 Å². The molecule has 0 aliphatic heterocycles. The molecule has 0 saturated heterocycles. The highest BCUT2D eigenvalue weighted by Crippen LogP contribution is 2.25. The lowest BCUT2D eigenvalue weighted by Gasteiger charge is -2.12. The Bertz CT molecular complexity index is 1340. The second kappa shape index (κ2) is 10.3. The van der Waals surface area contributed by atoms with E-state index < -0.39 is 0 Å². The van der Waals surface area contributed by atoms with E-state index in [9.17, 15) is 4.79 Å². The molecule has 7 nitrogen and oxygen atoms in total. The van der Waals surface area contributed by atoms with Crippen molar-refractivity contribution in [3.63, 3.8) is 0 Å². The van der Waals surface area contributed by atoms with Gasteiger partial charge in [0.05, 0.1) is 11.4 Å². The van der Waals surface area contributed by atoms with Crippen molar-refractivity contribution in [1.82, 2.24) is 25.2 Å². The number of amides is 1. The number of hydrogen-bond acceptors (Lipinski definition) is 6. The first-order valence-corrected chi connectivity index (χ1v) is 11.9. The number of hydrogen-bond donors (Lipinski definition) is 1. The molecule has 0 bridgehead atoms. The van der Waals surface area contributed by atoms with Gasteiger partial charge in [0.25, 0.3) is 0 Å². The van der Waals surface area contributed by atoms with Crippen molar-refractivity contribution in [3.05, 3.63) is 102 Å². The Morgan fingerprint density at radius 1 is 1.03 bits per heavy atom. The molecule has 8 heteroatoms. The largest absolute Gasteiger partial charge is 0.352 e. The van der Waals surface area contributed by atoms with Crippen molar-refractivity contribution in [1.29, 1.82) is 0 Å². The Balaban J connectivity index is 1.17. The van der Waals surface area contributed by atoms with Gasteiger partial charge >= 0.3 is 0 Å². The molecule has 0 spiro atoms. The van der Waals surface area contributed by atoms with Crippen LogP contribution in [-0.4, -0.2) is 25.8 Å². The molecule has 0 fully saturated rings. The third-order valence-electron chi connectivity index (χ3n) is 5.44. The standard InChI is InChI=1S/C26H23N5O2S/c32-24(12-13-25-29-26(30-33-25)23-7-3-16-34-23)27-17-21-5-1-2-6-22(21)20-10-8-19(9-11-20)18-31-15-4-14-28-31/h1-11,14-16H,12-13,17-18H2,(H,27,32). The maximum atomic E-state index is 12.5. The number of aromatic nitrogens is 4. The summed E-state index contributed by atoms with van der Waals surface area (Å²) in [6.07, 6.45) is 4.43. The molecule has 34 heavy (non-hydrogen) atoms. The summed E-state index contributed by atoms with van der Waals surface area (Å²) in [7, 11) is 0. The quantitative estimate of drug-likeness (QED) is 0.330. The zero-order chi connectivity index (χ0) is 23.2. The first-order valence-electron chi connectivity index (χ1n) is 11.0. The van der Waals surface area contributed by atoms with Crippen molar-refractivity contribution in [2.24, 2.45) is 0 Å². The van der Waals surface area contributed by atoms with Crippen LogP contribution >= 0.6 is 11.3 Å². The Hall–Kier alpha value is -4.04. The number of aryl methyl sites for hydroxylation is 1.